The first-order chi connectivity index (χ1) is 10.2. The van der Waals surface area contributed by atoms with Crippen molar-refractivity contribution in [3.8, 4) is 0 Å². The molecular formula is C15H30IN3O2S. The molecule has 0 aliphatic carbocycles. The van der Waals surface area contributed by atoms with Crippen molar-refractivity contribution >= 4 is 41.7 Å². The molecule has 0 radical (unpaired) electrons. The molecule has 130 valence electrons. The predicted octanol–water partition coefficient (Wildman–Crippen LogP) is 2.06. The standard InChI is InChI=1S/C15H29N3O2S.HI/c1-4-16-15(17-9-13-11-19-6-7-20-13)18-5-8-21-14(10-18)12(2)3;/h12-14H,4-11H2,1-3H3,(H,16,17);1H. The monoisotopic (exact) mass is 443 g/mol. The molecule has 0 aromatic carbocycles. The summed E-state index contributed by atoms with van der Waals surface area (Å²) >= 11 is 2.09. The van der Waals surface area contributed by atoms with Gasteiger partial charge in [-0.15, -0.1) is 24.0 Å². The molecule has 2 rings (SSSR count). The van der Waals surface area contributed by atoms with E-state index in [4.69, 9.17) is 14.5 Å². The number of ether oxygens (including phenoxy) is 2. The molecule has 0 aromatic rings. The molecule has 2 fully saturated rings. The van der Waals surface area contributed by atoms with Gasteiger partial charge in [0.25, 0.3) is 0 Å². The molecule has 2 aliphatic heterocycles. The number of nitrogens with zero attached hydrogens (tertiary/aromatic N) is 2. The molecule has 5 nitrogen and oxygen atoms in total. The van der Waals surface area contributed by atoms with Gasteiger partial charge in [-0.3, -0.25) is 4.99 Å². The number of rotatable bonds is 4. The summed E-state index contributed by atoms with van der Waals surface area (Å²) in [7, 11) is 0. The van der Waals surface area contributed by atoms with Gasteiger partial charge in [0.15, 0.2) is 5.96 Å². The van der Waals surface area contributed by atoms with Gasteiger partial charge in [-0.25, -0.2) is 0 Å². The van der Waals surface area contributed by atoms with Crippen molar-refractivity contribution in [2.75, 3.05) is 51.8 Å². The lowest BCUT2D eigenvalue weighted by Gasteiger charge is -2.36. The lowest BCUT2D eigenvalue weighted by molar-refractivity contribution is -0.0833. The normalized spacial score (nSPS) is 26.7. The third-order valence-electron chi connectivity index (χ3n) is 3.80. The van der Waals surface area contributed by atoms with Gasteiger partial charge in [-0.1, -0.05) is 13.8 Å². The molecule has 2 aliphatic rings. The van der Waals surface area contributed by atoms with E-state index >= 15 is 0 Å². The van der Waals surface area contributed by atoms with E-state index < -0.39 is 0 Å². The van der Waals surface area contributed by atoms with Crippen LogP contribution < -0.4 is 5.32 Å². The smallest absolute Gasteiger partial charge is 0.194 e. The first-order valence-corrected chi connectivity index (χ1v) is 9.09. The summed E-state index contributed by atoms with van der Waals surface area (Å²) in [5, 5.41) is 4.11. The Morgan fingerprint density at radius 3 is 2.86 bits per heavy atom. The lowest BCUT2D eigenvalue weighted by atomic mass is 10.1. The van der Waals surface area contributed by atoms with Crippen LogP contribution in [0.5, 0.6) is 0 Å². The van der Waals surface area contributed by atoms with Crippen LogP contribution in [0, 0.1) is 5.92 Å². The van der Waals surface area contributed by atoms with Crippen molar-refractivity contribution in [3.63, 3.8) is 0 Å². The van der Waals surface area contributed by atoms with E-state index in [1.54, 1.807) is 0 Å². The van der Waals surface area contributed by atoms with Crippen LogP contribution in [0.1, 0.15) is 20.8 Å². The van der Waals surface area contributed by atoms with Gasteiger partial charge < -0.3 is 19.7 Å². The number of nitrogens with one attached hydrogen (secondary N) is 1. The van der Waals surface area contributed by atoms with Crippen molar-refractivity contribution in [1.29, 1.82) is 0 Å². The molecule has 0 amide bonds. The highest BCUT2D eigenvalue weighted by molar-refractivity contribution is 14.0. The molecule has 1 N–H and O–H groups in total. The second-order valence-corrected chi connectivity index (χ2v) is 7.21. The van der Waals surface area contributed by atoms with Gasteiger partial charge >= 0.3 is 0 Å². The minimum absolute atomic E-state index is 0. The summed E-state index contributed by atoms with van der Waals surface area (Å²) in [5.74, 6) is 2.91. The predicted molar refractivity (Wildman–Crippen MR) is 105 cm³/mol. The Hall–Kier alpha value is 0.270. The van der Waals surface area contributed by atoms with Crippen LogP contribution in [0.3, 0.4) is 0 Å². The Morgan fingerprint density at radius 1 is 1.41 bits per heavy atom. The van der Waals surface area contributed by atoms with Gasteiger partial charge in [0.05, 0.1) is 26.4 Å². The van der Waals surface area contributed by atoms with Crippen molar-refractivity contribution in [2.24, 2.45) is 10.9 Å². The number of aliphatic imine (C=N–C) groups is 1. The molecule has 2 saturated heterocycles. The van der Waals surface area contributed by atoms with Gasteiger partial charge in [-0.05, 0) is 12.8 Å². The van der Waals surface area contributed by atoms with Gasteiger partial charge in [0, 0.05) is 30.6 Å². The summed E-state index contributed by atoms with van der Waals surface area (Å²) in [4.78, 5) is 7.17. The quantitative estimate of drug-likeness (QED) is 0.410. The minimum atomic E-state index is 0. The van der Waals surface area contributed by atoms with Crippen LogP contribution >= 0.6 is 35.7 Å². The van der Waals surface area contributed by atoms with Crippen LogP contribution in [0.15, 0.2) is 4.99 Å². The molecule has 0 spiro atoms. The van der Waals surface area contributed by atoms with E-state index in [1.165, 1.54) is 5.75 Å². The van der Waals surface area contributed by atoms with Crippen molar-refractivity contribution in [1.82, 2.24) is 10.2 Å². The largest absolute Gasteiger partial charge is 0.376 e. The molecule has 0 bridgehead atoms. The maximum absolute atomic E-state index is 5.67. The summed E-state index contributed by atoms with van der Waals surface area (Å²) in [6.45, 7) is 12.5. The van der Waals surface area contributed by atoms with Gasteiger partial charge in [0.2, 0.25) is 0 Å². The summed E-state index contributed by atoms with van der Waals surface area (Å²) in [6.07, 6.45) is 0.104. The molecule has 7 heteroatoms. The van der Waals surface area contributed by atoms with Crippen LogP contribution in [0.2, 0.25) is 0 Å². The first kappa shape index (κ1) is 20.3. The number of hydrogen-bond acceptors (Lipinski definition) is 4. The molecule has 0 saturated carbocycles. The average Bonchev–Trinajstić information content (AvgIpc) is 2.52. The maximum Gasteiger partial charge on any atom is 0.194 e. The van der Waals surface area contributed by atoms with Crippen molar-refractivity contribution in [2.45, 2.75) is 32.1 Å². The number of guanidine groups is 1. The number of halogens is 1. The summed E-state index contributed by atoms with van der Waals surface area (Å²) in [5.41, 5.74) is 0. The number of thioether (sulfide) groups is 1. The topological polar surface area (TPSA) is 46.1 Å². The molecule has 22 heavy (non-hydrogen) atoms. The van der Waals surface area contributed by atoms with Gasteiger partial charge in [0.1, 0.15) is 6.10 Å². The second-order valence-electron chi connectivity index (χ2n) is 5.86. The second kappa shape index (κ2) is 10.9. The zero-order valence-corrected chi connectivity index (χ0v) is 17.1. The summed E-state index contributed by atoms with van der Waals surface area (Å²) in [6, 6.07) is 0. The SMILES string of the molecule is CCNC(=NCC1COCCO1)N1CCSC(C(C)C)C1.I. The fourth-order valence-corrected chi connectivity index (χ4v) is 3.83. The summed E-state index contributed by atoms with van der Waals surface area (Å²) < 4.78 is 11.1. The highest BCUT2D eigenvalue weighted by Gasteiger charge is 2.25. The van der Waals surface area contributed by atoms with Crippen LogP contribution in [-0.2, 0) is 9.47 Å². The Labute approximate surface area is 156 Å². The number of hydrogen-bond donors (Lipinski definition) is 1. The lowest BCUT2D eigenvalue weighted by Crippen LogP contribution is -2.49. The van der Waals surface area contributed by atoms with Gasteiger partial charge in [-0.2, -0.15) is 11.8 Å². The van der Waals surface area contributed by atoms with Crippen molar-refractivity contribution < 1.29 is 9.47 Å². The van der Waals surface area contributed by atoms with E-state index in [1.807, 2.05) is 0 Å². The van der Waals surface area contributed by atoms with Crippen LogP contribution in [0.4, 0.5) is 0 Å². The molecular weight excluding hydrogens is 413 g/mol. The first-order valence-electron chi connectivity index (χ1n) is 8.05. The van der Waals surface area contributed by atoms with Crippen molar-refractivity contribution in [3.05, 3.63) is 0 Å². The average molecular weight is 443 g/mol. The fourth-order valence-electron chi connectivity index (χ4n) is 2.53. The third kappa shape index (κ3) is 6.41. The Kier molecular flexibility index (Phi) is 10.1. The highest BCUT2D eigenvalue weighted by Crippen LogP contribution is 2.24. The minimum Gasteiger partial charge on any atom is -0.376 e. The maximum atomic E-state index is 5.67. The van der Waals surface area contributed by atoms with E-state index in [-0.39, 0.29) is 30.1 Å². The Balaban J connectivity index is 0.00000242. The van der Waals surface area contributed by atoms with Crippen LogP contribution in [-0.4, -0.2) is 74.0 Å². The molecule has 2 heterocycles. The van der Waals surface area contributed by atoms with E-state index in [0.29, 0.717) is 37.5 Å². The zero-order valence-electron chi connectivity index (χ0n) is 13.9. The van der Waals surface area contributed by atoms with E-state index in [0.717, 1.165) is 25.6 Å². The third-order valence-corrected chi connectivity index (χ3v) is 5.34. The Bertz CT molecular complexity index is 339. The fraction of sp³-hybridized carbons (Fsp3) is 0.933. The Morgan fingerprint density at radius 2 is 2.23 bits per heavy atom. The molecule has 0 aromatic heterocycles. The van der Waals surface area contributed by atoms with E-state index in [9.17, 15) is 0 Å². The molecule has 2 atom stereocenters. The highest BCUT2D eigenvalue weighted by atomic mass is 127. The van der Waals surface area contributed by atoms with E-state index in [2.05, 4.69) is 42.7 Å². The zero-order chi connectivity index (χ0) is 15.1. The molecule has 2 unspecified atom stereocenters. The van der Waals surface area contributed by atoms with Crippen LogP contribution in [0.25, 0.3) is 0 Å².